The van der Waals surface area contributed by atoms with Gasteiger partial charge >= 0.3 is 0 Å². The molecule has 32 heavy (non-hydrogen) atoms. The average Bonchev–Trinajstić information content (AvgIpc) is 3.18. The standard InChI is InChI=1S/C24H39N3O4S/c1-7-26(17(2)3)21-15-18(4)10-11-22(21)32(29,30)27-13-8-9-20(27)23(28)25-19-12-14-31-24(5,6)16-19/h10-11,15,17,19-20H,7-9,12-14,16H2,1-6H3,(H,25,28)/t19?,20-/m0/s1. The monoisotopic (exact) mass is 465 g/mol. The first-order chi connectivity index (χ1) is 15.0. The van der Waals surface area contributed by atoms with Crippen molar-refractivity contribution in [1.29, 1.82) is 0 Å². The van der Waals surface area contributed by atoms with Crippen molar-refractivity contribution in [2.75, 3.05) is 24.6 Å². The smallest absolute Gasteiger partial charge is 0.245 e. The van der Waals surface area contributed by atoms with Crippen molar-refractivity contribution >= 4 is 21.6 Å². The van der Waals surface area contributed by atoms with Crippen LogP contribution in [0.4, 0.5) is 5.69 Å². The Bertz CT molecular complexity index is 929. The van der Waals surface area contributed by atoms with Gasteiger partial charge in [-0.2, -0.15) is 4.31 Å². The molecule has 7 nitrogen and oxygen atoms in total. The fraction of sp³-hybridized carbons (Fsp3) is 0.708. The molecule has 0 spiro atoms. The zero-order chi connectivity index (χ0) is 23.7. The van der Waals surface area contributed by atoms with Gasteiger partial charge in [-0.3, -0.25) is 4.79 Å². The third-order valence-corrected chi connectivity index (χ3v) is 8.48. The third-order valence-electron chi connectivity index (χ3n) is 6.52. The van der Waals surface area contributed by atoms with Gasteiger partial charge in [0.2, 0.25) is 15.9 Å². The summed E-state index contributed by atoms with van der Waals surface area (Å²) in [5, 5.41) is 3.11. The predicted molar refractivity (Wildman–Crippen MR) is 127 cm³/mol. The van der Waals surface area contributed by atoms with Crippen LogP contribution in [0.25, 0.3) is 0 Å². The van der Waals surface area contributed by atoms with E-state index in [0.29, 0.717) is 38.2 Å². The Kier molecular flexibility index (Phi) is 7.57. The minimum Gasteiger partial charge on any atom is -0.375 e. The first-order valence-electron chi connectivity index (χ1n) is 11.8. The molecule has 1 aromatic rings. The van der Waals surface area contributed by atoms with Crippen LogP contribution in [0.5, 0.6) is 0 Å². The lowest BCUT2D eigenvalue weighted by Gasteiger charge is -2.36. The number of hydrogen-bond acceptors (Lipinski definition) is 5. The summed E-state index contributed by atoms with van der Waals surface area (Å²) in [7, 11) is -3.83. The quantitative estimate of drug-likeness (QED) is 0.667. The Hall–Kier alpha value is -1.64. The molecule has 1 N–H and O–H groups in total. The van der Waals surface area contributed by atoms with Gasteiger partial charge in [0.25, 0.3) is 0 Å². The number of sulfonamides is 1. The van der Waals surface area contributed by atoms with Crippen LogP contribution in [-0.2, 0) is 19.6 Å². The van der Waals surface area contributed by atoms with Gasteiger partial charge in [0.1, 0.15) is 10.9 Å². The summed E-state index contributed by atoms with van der Waals surface area (Å²) < 4.78 is 34.8. The molecule has 8 heteroatoms. The lowest BCUT2D eigenvalue weighted by molar-refractivity contribution is -0.127. The fourth-order valence-corrected chi connectivity index (χ4v) is 6.79. The van der Waals surface area contributed by atoms with Gasteiger partial charge in [0, 0.05) is 31.8 Å². The summed E-state index contributed by atoms with van der Waals surface area (Å²) in [5.74, 6) is -0.196. The number of nitrogens with one attached hydrogen (secondary N) is 1. The SMILES string of the molecule is CCN(c1cc(C)ccc1S(=O)(=O)N1CCC[C@H]1C(=O)NC1CCOC(C)(C)C1)C(C)C. The molecule has 2 aliphatic rings. The van der Waals surface area contributed by atoms with Crippen molar-refractivity contribution in [1.82, 2.24) is 9.62 Å². The molecule has 0 radical (unpaired) electrons. The van der Waals surface area contributed by atoms with Crippen molar-refractivity contribution in [3.05, 3.63) is 23.8 Å². The van der Waals surface area contributed by atoms with Crippen LogP contribution in [0.15, 0.2) is 23.1 Å². The molecule has 2 heterocycles. The van der Waals surface area contributed by atoms with Crippen molar-refractivity contribution in [3.8, 4) is 0 Å². The lowest BCUT2D eigenvalue weighted by Crippen LogP contribution is -2.52. The zero-order valence-electron chi connectivity index (χ0n) is 20.3. The molecule has 1 amide bonds. The van der Waals surface area contributed by atoms with Crippen LogP contribution < -0.4 is 10.2 Å². The average molecular weight is 466 g/mol. The molecule has 3 rings (SSSR count). The molecular formula is C24H39N3O4S. The number of carbonyl (C=O) groups is 1. The highest BCUT2D eigenvalue weighted by Gasteiger charge is 2.42. The minimum absolute atomic E-state index is 0.00265. The molecule has 180 valence electrons. The molecule has 2 fully saturated rings. The molecule has 1 unspecified atom stereocenters. The summed E-state index contributed by atoms with van der Waals surface area (Å²) in [4.78, 5) is 15.6. The lowest BCUT2D eigenvalue weighted by atomic mass is 9.93. The first kappa shape index (κ1) is 25.0. The number of benzene rings is 1. The Morgan fingerprint density at radius 3 is 2.66 bits per heavy atom. The van der Waals surface area contributed by atoms with Gasteiger partial charge < -0.3 is 15.0 Å². The molecule has 2 atom stereocenters. The van der Waals surface area contributed by atoms with Gasteiger partial charge in [0.15, 0.2) is 0 Å². The molecule has 2 saturated heterocycles. The largest absolute Gasteiger partial charge is 0.375 e. The summed E-state index contributed by atoms with van der Waals surface area (Å²) >= 11 is 0. The number of hydrogen-bond donors (Lipinski definition) is 1. The molecule has 1 aromatic carbocycles. The molecule has 0 saturated carbocycles. The number of ether oxygens (including phenoxy) is 1. The molecule has 0 aliphatic carbocycles. The van der Waals surface area contributed by atoms with E-state index in [4.69, 9.17) is 4.74 Å². The van der Waals surface area contributed by atoms with Crippen LogP contribution in [0, 0.1) is 6.92 Å². The topological polar surface area (TPSA) is 79.0 Å². The Balaban J connectivity index is 1.87. The minimum atomic E-state index is -3.83. The fourth-order valence-electron chi connectivity index (χ4n) is 4.95. The molecule has 0 aromatic heterocycles. The Morgan fingerprint density at radius 2 is 2.03 bits per heavy atom. The maximum Gasteiger partial charge on any atom is 0.245 e. The van der Waals surface area contributed by atoms with Gasteiger partial charge in [-0.1, -0.05) is 6.07 Å². The second kappa shape index (κ2) is 9.69. The normalized spacial score (nSPS) is 24.0. The van der Waals surface area contributed by atoms with Crippen molar-refractivity contribution in [2.24, 2.45) is 0 Å². The molecular weight excluding hydrogens is 426 g/mol. The van der Waals surface area contributed by atoms with E-state index in [2.05, 4.69) is 24.1 Å². The number of nitrogens with zero attached hydrogens (tertiary/aromatic N) is 2. The summed E-state index contributed by atoms with van der Waals surface area (Å²) in [6, 6.07) is 4.95. The number of anilines is 1. The highest BCUT2D eigenvalue weighted by atomic mass is 32.2. The summed E-state index contributed by atoms with van der Waals surface area (Å²) in [6.45, 7) is 13.8. The number of rotatable bonds is 7. The Morgan fingerprint density at radius 1 is 1.31 bits per heavy atom. The van der Waals surface area contributed by atoms with Crippen molar-refractivity contribution in [2.45, 2.75) is 95.8 Å². The van der Waals surface area contributed by atoms with Crippen molar-refractivity contribution in [3.63, 3.8) is 0 Å². The van der Waals surface area contributed by atoms with E-state index in [1.54, 1.807) is 6.07 Å². The van der Waals surface area contributed by atoms with Gasteiger partial charge in [-0.05, 0) is 84.9 Å². The second-order valence-corrected chi connectivity index (χ2v) is 11.8. The van der Waals surface area contributed by atoms with Crippen molar-refractivity contribution < 1.29 is 17.9 Å². The molecule has 0 bridgehead atoms. The number of carbonyl (C=O) groups excluding carboxylic acids is 1. The predicted octanol–water partition coefficient (Wildman–Crippen LogP) is 3.46. The van der Waals surface area contributed by atoms with Crippen LogP contribution in [-0.4, -0.2) is 62.1 Å². The van der Waals surface area contributed by atoms with Gasteiger partial charge in [-0.15, -0.1) is 0 Å². The van der Waals surface area contributed by atoms with E-state index in [1.807, 2.05) is 39.8 Å². The third kappa shape index (κ3) is 5.29. The highest BCUT2D eigenvalue weighted by Crippen LogP contribution is 2.34. The van der Waals surface area contributed by atoms with Crippen LogP contribution >= 0.6 is 0 Å². The zero-order valence-corrected chi connectivity index (χ0v) is 21.2. The van der Waals surface area contributed by atoms with E-state index < -0.39 is 16.1 Å². The van der Waals surface area contributed by atoms with E-state index in [0.717, 1.165) is 18.4 Å². The number of aryl methyl sites for hydroxylation is 1. The van der Waals surface area contributed by atoms with E-state index in [9.17, 15) is 13.2 Å². The highest BCUT2D eigenvalue weighted by molar-refractivity contribution is 7.89. The van der Waals surface area contributed by atoms with E-state index >= 15 is 0 Å². The summed E-state index contributed by atoms with van der Waals surface area (Å²) in [5.41, 5.74) is 1.44. The summed E-state index contributed by atoms with van der Waals surface area (Å²) in [6.07, 6.45) is 2.69. The van der Waals surface area contributed by atoms with Gasteiger partial charge in [0.05, 0.1) is 11.3 Å². The second-order valence-electron chi connectivity index (χ2n) is 9.93. The van der Waals surface area contributed by atoms with E-state index in [-0.39, 0.29) is 28.5 Å². The maximum atomic E-state index is 13.8. The van der Waals surface area contributed by atoms with Crippen LogP contribution in [0.3, 0.4) is 0 Å². The Labute approximate surface area is 193 Å². The van der Waals surface area contributed by atoms with Crippen LogP contribution in [0.2, 0.25) is 0 Å². The van der Waals surface area contributed by atoms with Gasteiger partial charge in [-0.25, -0.2) is 8.42 Å². The number of amides is 1. The first-order valence-corrected chi connectivity index (χ1v) is 13.2. The van der Waals surface area contributed by atoms with E-state index in [1.165, 1.54) is 4.31 Å². The van der Waals surface area contributed by atoms with Crippen LogP contribution in [0.1, 0.15) is 65.9 Å². The molecule has 2 aliphatic heterocycles. The maximum absolute atomic E-state index is 13.8.